The summed E-state index contributed by atoms with van der Waals surface area (Å²) in [7, 11) is 1.96. The van der Waals surface area contributed by atoms with Crippen molar-refractivity contribution in [2.24, 2.45) is 7.05 Å². The lowest BCUT2D eigenvalue weighted by molar-refractivity contribution is -0.117. The molecule has 31 heavy (non-hydrogen) atoms. The van der Waals surface area contributed by atoms with Crippen molar-refractivity contribution in [3.63, 3.8) is 0 Å². The maximum absolute atomic E-state index is 13.0. The molecule has 0 atom stereocenters. The van der Waals surface area contributed by atoms with Gasteiger partial charge < -0.3 is 20.1 Å². The zero-order valence-corrected chi connectivity index (χ0v) is 18.4. The van der Waals surface area contributed by atoms with Gasteiger partial charge >= 0.3 is 0 Å². The summed E-state index contributed by atoms with van der Waals surface area (Å²) in [6, 6.07) is 16.9. The highest BCUT2D eigenvalue weighted by Gasteiger charge is 2.16. The third-order valence-corrected chi connectivity index (χ3v) is 5.36. The lowest BCUT2D eigenvalue weighted by Gasteiger charge is -2.18. The Morgan fingerprint density at radius 3 is 2.39 bits per heavy atom. The summed E-state index contributed by atoms with van der Waals surface area (Å²) in [6.07, 6.45) is 3.71. The number of benzene rings is 2. The molecular formula is C25H30N4O2. The van der Waals surface area contributed by atoms with Crippen LogP contribution in [0.25, 0.3) is 17.0 Å². The van der Waals surface area contributed by atoms with E-state index in [1.807, 2.05) is 48.1 Å². The average Bonchev–Trinajstić information content (AvgIpc) is 3.12. The van der Waals surface area contributed by atoms with E-state index in [4.69, 9.17) is 0 Å². The van der Waals surface area contributed by atoms with Crippen molar-refractivity contribution in [1.29, 1.82) is 0 Å². The number of rotatable bonds is 9. The van der Waals surface area contributed by atoms with Crippen molar-refractivity contribution >= 4 is 28.8 Å². The number of hydrogen-bond acceptors (Lipinski definition) is 3. The second-order valence-electron chi connectivity index (χ2n) is 7.37. The van der Waals surface area contributed by atoms with Gasteiger partial charge in [-0.3, -0.25) is 9.59 Å². The van der Waals surface area contributed by atoms with E-state index in [1.165, 1.54) is 0 Å². The molecule has 0 aliphatic rings. The van der Waals surface area contributed by atoms with Crippen LogP contribution >= 0.6 is 0 Å². The second kappa shape index (κ2) is 10.6. The SMILES string of the molecule is CCN(CC)CCNC(=O)/C(=C\c1cn(C)c2ccccc12)NC(=O)c1ccccc1. The van der Waals surface area contributed by atoms with Gasteiger partial charge in [0.25, 0.3) is 11.8 Å². The second-order valence-corrected chi connectivity index (χ2v) is 7.37. The Morgan fingerprint density at radius 1 is 1.00 bits per heavy atom. The fourth-order valence-corrected chi connectivity index (χ4v) is 3.55. The largest absolute Gasteiger partial charge is 0.350 e. The molecule has 0 unspecified atom stereocenters. The molecule has 3 aromatic rings. The molecule has 0 fully saturated rings. The van der Waals surface area contributed by atoms with E-state index in [2.05, 4.69) is 29.4 Å². The molecule has 0 bridgehead atoms. The standard InChI is InChI=1S/C25H30N4O2/c1-4-29(5-2)16-15-26-25(31)22(27-24(30)19-11-7-6-8-12-19)17-20-18-28(3)23-14-10-9-13-21(20)23/h6-14,17-18H,4-5,15-16H2,1-3H3,(H,26,31)(H,27,30)/b22-17+. The summed E-state index contributed by atoms with van der Waals surface area (Å²) in [5.74, 6) is -0.615. The highest BCUT2D eigenvalue weighted by Crippen LogP contribution is 2.22. The molecule has 6 nitrogen and oxygen atoms in total. The summed E-state index contributed by atoms with van der Waals surface area (Å²) in [5, 5.41) is 6.77. The smallest absolute Gasteiger partial charge is 0.267 e. The maximum atomic E-state index is 13.0. The van der Waals surface area contributed by atoms with Crippen LogP contribution in [-0.2, 0) is 11.8 Å². The van der Waals surface area contributed by atoms with Crippen molar-refractivity contribution in [3.05, 3.63) is 77.6 Å². The first kappa shape index (κ1) is 22.3. The van der Waals surface area contributed by atoms with Gasteiger partial charge in [-0.15, -0.1) is 0 Å². The summed E-state index contributed by atoms with van der Waals surface area (Å²) in [4.78, 5) is 28.0. The molecule has 3 rings (SSSR count). The number of carbonyl (C=O) groups is 2. The first-order chi connectivity index (χ1) is 15.0. The molecule has 0 radical (unpaired) electrons. The first-order valence-corrected chi connectivity index (χ1v) is 10.7. The Bertz CT molecular complexity index is 1070. The Kier molecular flexibility index (Phi) is 7.62. The molecule has 2 N–H and O–H groups in total. The van der Waals surface area contributed by atoms with E-state index in [0.29, 0.717) is 12.1 Å². The van der Waals surface area contributed by atoms with E-state index >= 15 is 0 Å². The first-order valence-electron chi connectivity index (χ1n) is 10.7. The molecule has 0 spiro atoms. The predicted molar refractivity (Wildman–Crippen MR) is 126 cm³/mol. The Morgan fingerprint density at radius 2 is 1.68 bits per heavy atom. The molecule has 162 valence electrons. The molecule has 1 aromatic heterocycles. The zero-order valence-electron chi connectivity index (χ0n) is 18.4. The van der Waals surface area contributed by atoms with Gasteiger partial charge in [-0.25, -0.2) is 0 Å². The lowest BCUT2D eigenvalue weighted by atomic mass is 10.1. The molecule has 1 heterocycles. The summed E-state index contributed by atoms with van der Waals surface area (Å²) >= 11 is 0. The number of fused-ring (bicyclic) bond motifs is 1. The fraction of sp³-hybridized carbons (Fsp3) is 0.280. The summed E-state index contributed by atoms with van der Waals surface area (Å²) in [5.41, 5.74) is 2.66. The van der Waals surface area contributed by atoms with Crippen LogP contribution in [0.5, 0.6) is 0 Å². The molecule has 6 heteroatoms. The van der Waals surface area contributed by atoms with Crippen molar-refractivity contribution in [3.8, 4) is 0 Å². The van der Waals surface area contributed by atoms with Crippen LogP contribution in [-0.4, -0.2) is 47.5 Å². The van der Waals surface area contributed by atoms with Crippen LogP contribution in [0.4, 0.5) is 0 Å². The normalized spacial score (nSPS) is 11.7. The van der Waals surface area contributed by atoms with Gasteiger partial charge in [-0.1, -0.05) is 50.2 Å². The van der Waals surface area contributed by atoms with E-state index < -0.39 is 0 Å². The van der Waals surface area contributed by atoms with Gasteiger partial charge in [-0.2, -0.15) is 0 Å². The van der Waals surface area contributed by atoms with Crippen molar-refractivity contribution in [2.45, 2.75) is 13.8 Å². The van der Waals surface area contributed by atoms with Crippen LogP contribution in [0.15, 0.2) is 66.5 Å². The topological polar surface area (TPSA) is 66.4 Å². The third kappa shape index (κ3) is 5.61. The lowest BCUT2D eigenvalue weighted by Crippen LogP contribution is -2.39. The Hall–Kier alpha value is -3.38. The van der Waals surface area contributed by atoms with E-state index in [0.717, 1.165) is 36.1 Å². The molecule has 2 aromatic carbocycles. The molecular weight excluding hydrogens is 388 g/mol. The number of nitrogens with one attached hydrogen (secondary N) is 2. The Balaban J connectivity index is 1.87. The maximum Gasteiger partial charge on any atom is 0.267 e. The van der Waals surface area contributed by atoms with Gasteiger partial charge in [-0.05, 0) is 37.4 Å². The summed E-state index contributed by atoms with van der Waals surface area (Å²) in [6.45, 7) is 7.31. The minimum absolute atomic E-state index is 0.227. The third-order valence-electron chi connectivity index (χ3n) is 5.36. The average molecular weight is 419 g/mol. The zero-order chi connectivity index (χ0) is 22.2. The molecule has 0 aliphatic carbocycles. The number of aryl methyl sites for hydroxylation is 1. The predicted octanol–water partition coefficient (Wildman–Crippen LogP) is 3.41. The highest BCUT2D eigenvalue weighted by molar-refractivity contribution is 6.06. The molecule has 0 saturated carbocycles. The van der Waals surface area contributed by atoms with Gasteiger partial charge in [0, 0.05) is 48.4 Å². The number of para-hydroxylation sites is 1. The number of aromatic nitrogens is 1. The van der Waals surface area contributed by atoms with Crippen LogP contribution < -0.4 is 10.6 Å². The van der Waals surface area contributed by atoms with Crippen molar-refractivity contribution in [1.82, 2.24) is 20.1 Å². The van der Waals surface area contributed by atoms with Gasteiger partial charge in [0.05, 0.1) is 0 Å². The number of carbonyl (C=O) groups excluding carboxylic acids is 2. The van der Waals surface area contributed by atoms with Gasteiger partial charge in [0.2, 0.25) is 0 Å². The van der Waals surface area contributed by atoms with Crippen LogP contribution in [0.1, 0.15) is 29.8 Å². The minimum atomic E-state index is -0.314. The van der Waals surface area contributed by atoms with Crippen molar-refractivity contribution in [2.75, 3.05) is 26.2 Å². The van der Waals surface area contributed by atoms with E-state index in [-0.39, 0.29) is 17.5 Å². The minimum Gasteiger partial charge on any atom is -0.350 e. The van der Waals surface area contributed by atoms with Crippen molar-refractivity contribution < 1.29 is 9.59 Å². The number of nitrogens with zero attached hydrogens (tertiary/aromatic N) is 2. The van der Waals surface area contributed by atoms with E-state index in [9.17, 15) is 9.59 Å². The molecule has 2 amide bonds. The number of amides is 2. The molecule has 0 aliphatic heterocycles. The van der Waals surface area contributed by atoms with Gasteiger partial charge in [0.1, 0.15) is 5.70 Å². The quantitative estimate of drug-likeness (QED) is 0.524. The summed E-state index contributed by atoms with van der Waals surface area (Å²) < 4.78 is 2.01. The van der Waals surface area contributed by atoms with Crippen LogP contribution in [0.3, 0.4) is 0 Å². The molecule has 0 saturated heterocycles. The fourth-order valence-electron chi connectivity index (χ4n) is 3.55. The monoisotopic (exact) mass is 418 g/mol. The Labute approximate surface area is 183 Å². The highest BCUT2D eigenvalue weighted by atomic mass is 16.2. The number of likely N-dealkylation sites (N-methyl/N-ethyl adjacent to an activating group) is 1. The van der Waals surface area contributed by atoms with Crippen LogP contribution in [0, 0.1) is 0 Å². The van der Waals surface area contributed by atoms with Crippen LogP contribution in [0.2, 0.25) is 0 Å². The van der Waals surface area contributed by atoms with Gasteiger partial charge in [0.15, 0.2) is 0 Å². The number of hydrogen-bond donors (Lipinski definition) is 2. The van der Waals surface area contributed by atoms with E-state index in [1.54, 1.807) is 30.3 Å².